The molecule has 6 nitrogen and oxygen atoms in total. The van der Waals surface area contributed by atoms with Crippen LogP contribution in [0.1, 0.15) is 23.1 Å². The highest BCUT2D eigenvalue weighted by Crippen LogP contribution is 2.55. The largest absolute Gasteiger partial charge is 0.489 e. The number of nitrogens with one attached hydrogen (secondary N) is 2. The fourth-order valence-electron chi connectivity index (χ4n) is 4.02. The molecule has 164 valence electrons. The molecule has 0 radical (unpaired) electrons. The van der Waals surface area contributed by atoms with Crippen molar-refractivity contribution in [3.63, 3.8) is 0 Å². The molecular weight excluding hydrogens is 404 g/mol. The average molecular weight is 431 g/mol. The van der Waals surface area contributed by atoms with E-state index in [-0.39, 0.29) is 5.91 Å². The van der Waals surface area contributed by atoms with Crippen LogP contribution < -0.4 is 15.5 Å². The molecule has 1 aliphatic rings. The normalized spacial score (nSPS) is 19.1. The van der Waals surface area contributed by atoms with Crippen molar-refractivity contribution in [3.05, 3.63) is 102 Å². The molecule has 1 aliphatic carbocycles. The average Bonchev–Trinajstić information content (AvgIpc) is 3.58. The minimum atomic E-state index is -0.867. The number of ether oxygens (including phenoxy) is 1. The minimum absolute atomic E-state index is 0.181. The van der Waals surface area contributed by atoms with Crippen LogP contribution in [0.25, 0.3) is 0 Å². The van der Waals surface area contributed by atoms with Gasteiger partial charge in [-0.3, -0.25) is 14.8 Å². The van der Waals surface area contributed by atoms with Gasteiger partial charge in [0.15, 0.2) is 0 Å². The fraction of sp³-hybridized carbons (Fsp3) is 0.231. The Morgan fingerprint density at radius 1 is 0.875 bits per heavy atom. The Kier molecular flexibility index (Phi) is 6.52. The molecule has 2 atom stereocenters. The molecular formula is C26H26N2O4. The summed E-state index contributed by atoms with van der Waals surface area (Å²) in [5.74, 6) is -0.528. The van der Waals surface area contributed by atoms with Gasteiger partial charge in [-0.05, 0) is 41.7 Å². The first-order valence-corrected chi connectivity index (χ1v) is 10.6. The van der Waals surface area contributed by atoms with Gasteiger partial charge in [-0.25, -0.2) is 5.48 Å². The molecule has 3 aromatic carbocycles. The lowest BCUT2D eigenvalue weighted by molar-refractivity contribution is -0.135. The second-order valence-electron chi connectivity index (χ2n) is 8.15. The second-order valence-corrected chi connectivity index (χ2v) is 8.15. The summed E-state index contributed by atoms with van der Waals surface area (Å²) in [6.07, 6.45) is 0.803. The Bertz CT molecular complexity index is 1050. The summed E-state index contributed by atoms with van der Waals surface area (Å²) >= 11 is 0. The predicted molar refractivity (Wildman–Crippen MR) is 120 cm³/mol. The number of benzene rings is 3. The van der Waals surface area contributed by atoms with Gasteiger partial charge in [-0.2, -0.15) is 0 Å². The third kappa shape index (κ3) is 4.98. The van der Waals surface area contributed by atoms with Crippen molar-refractivity contribution < 1.29 is 19.5 Å². The van der Waals surface area contributed by atoms with E-state index in [2.05, 4.69) is 5.32 Å². The van der Waals surface area contributed by atoms with E-state index in [1.165, 1.54) is 0 Å². The molecule has 0 heterocycles. The van der Waals surface area contributed by atoms with Crippen LogP contribution in [0.3, 0.4) is 0 Å². The number of hydroxylamine groups is 1. The van der Waals surface area contributed by atoms with E-state index in [1.807, 2.05) is 84.9 Å². The molecule has 0 saturated heterocycles. The van der Waals surface area contributed by atoms with Crippen LogP contribution >= 0.6 is 0 Å². The molecule has 1 fully saturated rings. The van der Waals surface area contributed by atoms with Crippen molar-refractivity contribution in [2.75, 3.05) is 0 Å². The van der Waals surface area contributed by atoms with Crippen molar-refractivity contribution in [3.8, 4) is 5.75 Å². The van der Waals surface area contributed by atoms with Crippen LogP contribution in [0.5, 0.6) is 5.75 Å². The maximum absolute atomic E-state index is 13.1. The van der Waals surface area contributed by atoms with Gasteiger partial charge in [-0.1, -0.05) is 72.8 Å². The summed E-state index contributed by atoms with van der Waals surface area (Å²) in [7, 11) is 0. The fourth-order valence-corrected chi connectivity index (χ4v) is 4.02. The van der Waals surface area contributed by atoms with E-state index < -0.39 is 17.2 Å². The second kappa shape index (κ2) is 9.66. The zero-order chi connectivity index (χ0) is 22.4. The van der Waals surface area contributed by atoms with E-state index in [1.54, 1.807) is 5.48 Å². The first-order valence-electron chi connectivity index (χ1n) is 10.6. The minimum Gasteiger partial charge on any atom is -0.489 e. The molecule has 0 unspecified atom stereocenters. The number of hydrogen-bond acceptors (Lipinski definition) is 4. The molecule has 4 rings (SSSR count). The number of rotatable bonds is 9. The van der Waals surface area contributed by atoms with Gasteiger partial charge in [0.05, 0.1) is 11.3 Å². The quantitative estimate of drug-likeness (QED) is 0.357. The van der Waals surface area contributed by atoms with Crippen molar-refractivity contribution >= 4 is 11.8 Å². The Hall–Kier alpha value is -3.64. The highest BCUT2D eigenvalue weighted by molar-refractivity contribution is 5.95. The van der Waals surface area contributed by atoms with Gasteiger partial charge < -0.3 is 10.1 Å². The van der Waals surface area contributed by atoms with E-state index in [0.717, 1.165) is 22.4 Å². The number of hydrogen-bond donors (Lipinski definition) is 3. The summed E-state index contributed by atoms with van der Waals surface area (Å²) in [4.78, 5) is 25.1. The van der Waals surface area contributed by atoms with Crippen molar-refractivity contribution in [1.82, 2.24) is 10.8 Å². The molecule has 0 spiro atoms. The zero-order valence-electron chi connectivity index (χ0n) is 17.7. The van der Waals surface area contributed by atoms with E-state index in [0.29, 0.717) is 26.0 Å². The van der Waals surface area contributed by atoms with Crippen LogP contribution in [0.4, 0.5) is 0 Å². The molecule has 0 bridgehead atoms. The standard InChI is InChI=1S/C26H26N2O4/c29-24(28-31)23-16-26(23,25(30)27-17-20-7-3-1-4-8-20)15-19-11-13-22(14-12-19)32-18-21-9-5-2-6-10-21/h1-14,23,31H,15-18H2,(H,27,30)(H,28,29)/t23-,26+/m1/s1. The van der Waals surface area contributed by atoms with Crippen molar-refractivity contribution in [2.24, 2.45) is 11.3 Å². The highest BCUT2D eigenvalue weighted by Gasteiger charge is 2.63. The van der Waals surface area contributed by atoms with Gasteiger partial charge in [0.2, 0.25) is 11.8 Å². The Morgan fingerprint density at radius 3 is 2.12 bits per heavy atom. The molecule has 2 amide bonds. The van der Waals surface area contributed by atoms with E-state index >= 15 is 0 Å². The van der Waals surface area contributed by atoms with Crippen LogP contribution in [0.15, 0.2) is 84.9 Å². The van der Waals surface area contributed by atoms with Crippen molar-refractivity contribution in [1.29, 1.82) is 0 Å². The predicted octanol–water partition coefficient (Wildman–Crippen LogP) is 3.64. The smallest absolute Gasteiger partial charge is 0.247 e. The van der Waals surface area contributed by atoms with Gasteiger partial charge in [0.1, 0.15) is 12.4 Å². The SMILES string of the molecule is O=C(NO)[C@H]1C[C@]1(Cc1ccc(OCc2ccccc2)cc1)C(=O)NCc1ccccc1. The Labute approximate surface area is 187 Å². The maximum atomic E-state index is 13.1. The molecule has 3 aromatic rings. The van der Waals surface area contributed by atoms with Crippen LogP contribution in [0, 0.1) is 11.3 Å². The van der Waals surface area contributed by atoms with Gasteiger partial charge >= 0.3 is 0 Å². The summed E-state index contributed by atoms with van der Waals surface area (Å²) in [5.41, 5.74) is 3.83. The molecule has 6 heteroatoms. The summed E-state index contributed by atoms with van der Waals surface area (Å²) < 4.78 is 5.83. The van der Waals surface area contributed by atoms with Gasteiger partial charge in [-0.15, -0.1) is 0 Å². The molecule has 32 heavy (non-hydrogen) atoms. The Balaban J connectivity index is 1.41. The molecule has 0 aliphatic heterocycles. The third-order valence-electron chi connectivity index (χ3n) is 5.94. The summed E-state index contributed by atoms with van der Waals surface area (Å²) in [5, 5.41) is 12.0. The lowest BCUT2D eigenvalue weighted by Crippen LogP contribution is -2.37. The number of carbonyl (C=O) groups excluding carboxylic acids is 2. The molecule has 1 saturated carbocycles. The zero-order valence-corrected chi connectivity index (χ0v) is 17.7. The van der Waals surface area contributed by atoms with Crippen LogP contribution in [0.2, 0.25) is 0 Å². The number of amides is 2. The van der Waals surface area contributed by atoms with Gasteiger partial charge in [0, 0.05) is 6.54 Å². The summed E-state index contributed by atoms with van der Waals surface area (Å²) in [6, 6.07) is 27.1. The summed E-state index contributed by atoms with van der Waals surface area (Å²) in [6.45, 7) is 0.867. The number of carbonyl (C=O) groups is 2. The molecule has 0 aromatic heterocycles. The highest BCUT2D eigenvalue weighted by atomic mass is 16.5. The first kappa shape index (κ1) is 21.6. The lowest BCUT2D eigenvalue weighted by atomic mass is 9.92. The van der Waals surface area contributed by atoms with Gasteiger partial charge in [0.25, 0.3) is 0 Å². The Morgan fingerprint density at radius 2 is 1.50 bits per heavy atom. The van der Waals surface area contributed by atoms with Crippen LogP contribution in [-0.2, 0) is 29.2 Å². The topological polar surface area (TPSA) is 87.7 Å². The van der Waals surface area contributed by atoms with Crippen molar-refractivity contribution in [2.45, 2.75) is 26.0 Å². The molecule has 3 N–H and O–H groups in total. The van der Waals surface area contributed by atoms with E-state index in [4.69, 9.17) is 9.94 Å². The first-order chi connectivity index (χ1) is 15.6. The van der Waals surface area contributed by atoms with E-state index in [9.17, 15) is 9.59 Å². The maximum Gasteiger partial charge on any atom is 0.247 e. The monoisotopic (exact) mass is 430 g/mol. The van der Waals surface area contributed by atoms with Crippen LogP contribution in [-0.4, -0.2) is 17.0 Å². The third-order valence-corrected chi connectivity index (χ3v) is 5.94. The lowest BCUT2D eigenvalue weighted by Gasteiger charge is -2.18.